The summed E-state index contributed by atoms with van der Waals surface area (Å²) in [4.78, 5) is 12.1. The predicted molar refractivity (Wildman–Crippen MR) is 97.5 cm³/mol. The molecule has 0 aliphatic rings. The van der Waals surface area contributed by atoms with Gasteiger partial charge in [-0.25, -0.2) is 0 Å². The summed E-state index contributed by atoms with van der Waals surface area (Å²) in [5.74, 6) is 2.50. The van der Waals surface area contributed by atoms with Gasteiger partial charge in [-0.15, -0.1) is 0 Å². The molecule has 5 heteroatoms. The smallest absolute Gasteiger partial charge is 0.186 e. The van der Waals surface area contributed by atoms with Gasteiger partial charge in [0.05, 0.1) is 7.11 Å². The molecule has 0 saturated carbocycles. The van der Waals surface area contributed by atoms with Gasteiger partial charge in [0.1, 0.15) is 35.4 Å². The van der Waals surface area contributed by atoms with Gasteiger partial charge in [-0.1, -0.05) is 12.1 Å². The molecule has 5 nitrogen and oxygen atoms in total. The zero-order valence-electron chi connectivity index (χ0n) is 14.2. The third-order valence-electron chi connectivity index (χ3n) is 3.65. The summed E-state index contributed by atoms with van der Waals surface area (Å²) in [6.07, 6.45) is 2.99. The van der Waals surface area contributed by atoms with Gasteiger partial charge in [0.2, 0.25) is 0 Å². The number of carbonyl (C=O) groups excluding carboxylic acids is 1. The molecule has 1 N–H and O–H groups in total. The SMILES string of the molecule is COc1ccc(OCc2ccc(/C=C/C(=O)c3cccc(O)c3)o2)cc1. The highest BCUT2D eigenvalue weighted by atomic mass is 16.5. The van der Waals surface area contributed by atoms with Crippen molar-refractivity contribution in [3.05, 3.63) is 83.8 Å². The lowest BCUT2D eigenvalue weighted by Gasteiger charge is -2.05. The van der Waals surface area contributed by atoms with Crippen LogP contribution in [0.1, 0.15) is 21.9 Å². The van der Waals surface area contributed by atoms with Gasteiger partial charge in [-0.2, -0.15) is 0 Å². The minimum atomic E-state index is -0.215. The Morgan fingerprint density at radius 3 is 2.58 bits per heavy atom. The van der Waals surface area contributed by atoms with Crippen LogP contribution in [0.25, 0.3) is 6.08 Å². The summed E-state index contributed by atoms with van der Waals surface area (Å²) in [6.45, 7) is 0.278. The van der Waals surface area contributed by atoms with Crippen molar-refractivity contribution >= 4 is 11.9 Å². The maximum absolute atomic E-state index is 12.1. The van der Waals surface area contributed by atoms with Gasteiger partial charge < -0.3 is 19.0 Å². The number of ether oxygens (including phenoxy) is 2. The van der Waals surface area contributed by atoms with Crippen LogP contribution in [0.15, 0.2) is 71.2 Å². The summed E-state index contributed by atoms with van der Waals surface area (Å²) in [5, 5.41) is 9.42. The van der Waals surface area contributed by atoms with Gasteiger partial charge in [0, 0.05) is 5.56 Å². The van der Waals surface area contributed by atoms with Crippen molar-refractivity contribution < 1.29 is 23.8 Å². The highest BCUT2D eigenvalue weighted by Gasteiger charge is 2.05. The first-order chi connectivity index (χ1) is 12.6. The number of carbonyl (C=O) groups is 1. The molecule has 0 atom stereocenters. The Morgan fingerprint density at radius 2 is 1.85 bits per heavy atom. The van der Waals surface area contributed by atoms with Crippen LogP contribution in [0.2, 0.25) is 0 Å². The molecule has 2 aromatic carbocycles. The average Bonchev–Trinajstić information content (AvgIpc) is 3.13. The van der Waals surface area contributed by atoms with Crippen molar-refractivity contribution in [1.29, 1.82) is 0 Å². The number of hydrogen-bond donors (Lipinski definition) is 1. The molecule has 0 aliphatic heterocycles. The zero-order chi connectivity index (χ0) is 18.4. The molecular weight excluding hydrogens is 332 g/mol. The molecule has 0 spiro atoms. The van der Waals surface area contributed by atoms with Crippen LogP contribution in [0.5, 0.6) is 17.2 Å². The Kier molecular flexibility index (Phi) is 5.39. The second-order valence-electron chi connectivity index (χ2n) is 5.52. The number of allylic oxidation sites excluding steroid dienone is 1. The maximum atomic E-state index is 12.1. The Bertz CT molecular complexity index is 906. The second-order valence-corrected chi connectivity index (χ2v) is 5.52. The van der Waals surface area contributed by atoms with Crippen molar-refractivity contribution in [2.45, 2.75) is 6.61 Å². The lowest BCUT2D eigenvalue weighted by atomic mass is 10.1. The normalized spacial score (nSPS) is 10.8. The van der Waals surface area contributed by atoms with Crippen LogP contribution in [-0.4, -0.2) is 18.0 Å². The monoisotopic (exact) mass is 350 g/mol. The van der Waals surface area contributed by atoms with E-state index in [1.807, 2.05) is 24.3 Å². The Labute approximate surface area is 151 Å². The lowest BCUT2D eigenvalue weighted by molar-refractivity contribution is 0.104. The fourth-order valence-corrected chi connectivity index (χ4v) is 2.30. The van der Waals surface area contributed by atoms with Crippen molar-refractivity contribution in [3.63, 3.8) is 0 Å². The van der Waals surface area contributed by atoms with E-state index < -0.39 is 0 Å². The van der Waals surface area contributed by atoms with Crippen molar-refractivity contribution in [1.82, 2.24) is 0 Å². The number of aromatic hydroxyl groups is 1. The van der Waals surface area contributed by atoms with E-state index in [0.29, 0.717) is 22.8 Å². The van der Waals surface area contributed by atoms with Crippen LogP contribution < -0.4 is 9.47 Å². The van der Waals surface area contributed by atoms with Crippen molar-refractivity contribution in [2.75, 3.05) is 7.11 Å². The molecule has 1 aromatic heterocycles. The third kappa shape index (κ3) is 4.54. The molecule has 0 fully saturated rings. The predicted octanol–water partition coefficient (Wildman–Crippen LogP) is 4.47. The van der Waals surface area contributed by atoms with E-state index in [1.54, 1.807) is 37.5 Å². The standard InChI is InChI=1S/C21H18O5/c1-24-17-5-7-18(8-6-17)25-14-20-10-9-19(26-20)11-12-21(23)15-3-2-4-16(22)13-15/h2-13,22H,14H2,1H3/b12-11+. The molecule has 0 unspecified atom stereocenters. The number of phenolic OH excluding ortho intramolecular Hbond substituents is 1. The first-order valence-electron chi connectivity index (χ1n) is 8.01. The quantitative estimate of drug-likeness (QED) is 0.503. The molecule has 0 radical (unpaired) electrons. The van der Waals surface area contributed by atoms with Gasteiger partial charge in [0.25, 0.3) is 0 Å². The molecule has 3 rings (SSSR count). The van der Waals surface area contributed by atoms with Crippen LogP contribution >= 0.6 is 0 Å². The summed E-state index contributed by atoms with van der Waals surface area (Å²) < 4.78 is 16.4. The maximum Gasteiger partial charge on any atom is 0.186 e. The number of furan rings is 1. The first kappa shape index (κ1) is 17.4. The van der Waals surface area contributed by atoms with Crippen LogP contribution in [0.4, 0.5) is 0 Å². The Morgan fingerprint density at radius 1 is 1.08 bits per heavy atom. The largest absolute Gasteiger partial charge is 0.508 e. The van der Waals surface area contributed by atoms with Crippen LogP contribution in [0, 0.1) is 0 Å². The first-order valence-corrected chi connectivity index (χ1v) is 8.01. The third-order valence-corrected chi connectivity index (χ3v) is 3.65. The summed E-state index contributed by atoms with van der Waals surface area (Å²) in [5.41, 5.74) is 0.413. The zero-order valence-corrected chi connectivity index (χ0v) is 14.2. The van der Waals surface area contributed by atoms with E-state index >= 15 is 0 Å². The van der Waals surface area contributed by atoms with E-state index in [4.69, 9.17) is 13.9 Å². The number of rotatable bonds is 7. The molecule has 26 heavy (non-hydrogen) atoms. The summed E-state index contributed by atoms with van der Waals surface area (Å²) >= 11 is 0. The van der Waals surface area contributed by atoms with E-state index in [-0.39, 0.29) is 18.1 Å². The fraction of sp³-hybridized carbons (Fsp3) is 0.0952. The molecule has 0 bridgehead atoms. The van der Waals surface area contributed by atoms with E-state index in [0.717, 1.165) is 5.75 Å². The van der Waals surface area contributed by atoms with Gasteiger partial charge in [-0.3, -0.25) is 4.79 Å². The number of ketones is 1. The van der Waals surface area contributed by atoms with Gasteiger partial charge in [0.15, 0.2) is 5.78 Å². The molecule has 3 aromatic rings. The molecule has 1 heterocycles. The fourth-order valence-electron chi connectivity index (χ4n) is 2.30. The van der Waals surface area contributed by atoms with Gasteiger partial charge in [-0.05, 0) is 60.7 Å². The molecule has 0 aliphatic carbocycles. The molecular formula is C21H18O5. The molecule has 132 valence electrons. The summed E-state index contributed by atoms with van der Waals surface area (Å²) in [7, 11) is 1.61. The Hall–Kier alpha value is -3.47. The lowest BCUT2D eigenvalue weighted by Crippen LogP contribution is -1.94. The van der Waals surface area contributed by atoms with Gasteiger partial charge >= 0.3 is 0 Å². The minimum absolute atomic E-state index is 0.0558. The summed E-state index contributed by atoms with van der Waals surface area (Å²) in [6, 6.07) is 17.0. The van der Waals surface area contributed by atoms with E-state index in [1.165, 1.54) is 18.2 Å². The molecule has 0 amide bonds. The number of hydrogen-bond acceptors (Lipinski definition) is 5. The topological polar surface area (TPSA) is 68.9 Å². The van der Waals surface area contributed by atoms with Crippen molar-refractivity contribution in [3.8, 4) is 17.2 Å². The highest BCUT2D eigenvalue weighted by molar-refractivity contribution is 6.06. The number of phenols is 1. The number of benzene rings is 2. The van der Waals surface area contributed by atoms with Crippen LogP contribution in [0.3, 0.4) is 0 Å². The highest BCUT2D eigenvalue weighted by Crippen LogP contribution is 2.19. The minimum Gasteiger partial charge on any atom is -0.508 e. The van der Waals surface area contributed by atoms with E-state index in [2.05, 4.69) is 0 Å². The van der Waals surface area contributed by atoms with Crippen LogP contribution in [-0.2, 0) is 6.61 Å². The average molecular weight is 350 g/mol. The second kappa shape index (κ2) is 8.07. The van der Waals surface area contributed by atoms with E-state index in [9.17, 15) is 9.90 Å². The Balaban J connectivity index is 1.57. The molecule has 0 saturated heterocycles. The van der Waals surface area contributed by atoms with Crippen molar-refractivity contribution in [2.24, 2.45) is 0 Å². The number of methoxy groups -OCH3 is 1.